The molecule has 0 unspecified atom stereocenters. The Bertz CT molecular complexity index is 793. The highest BCUT2D eigenvalue weighted by Gasteiger charge is 2.11. The first-order chi connectivity index (χ1) is 13.0. The van der Waals surface area contributed by atoms with Gasteiger partial charge in [-0.15, -0.1) is 0 Å². The zero-order chi connectivity index (χ0) is 19.6. The number of hydroxylamine groups is 1. The van der Waals surface area contributed by atoms with Crippen LogP contribution in [-0.2, 0) is 11.2 Å². The van der Waals surface area contributed by atoms with Gasteiger partial charge in [0.2, 0.25) is 5.95 Å². The van der Waals surface area contributed by atoms with Gasteiger partial charge in [0, 0.05) is 12.5 Å². The van der Waals surface area contributed by atoms with Crippen LogP contribution in [0.15, 0.2) is 30.3 Å². The van der Waals surface area contributed by atoms with Gasteiger partial charge in [-0.25, -0.2) is 10.5 Å². The Morgan fingerprint density at radius 1 is 1.19 bits per heavy atom. The van der Waals surface area contributed by atoms with Crippen molar-refractivity contribution in [2.75, 3.05) is 24.7 Å². The van der Waals surface area contributed by atoms with Gasteiger partial charge in [-0.05, 0) is 30.2 Å². The van der Waals surface area contributed by atoms with E-state index in [1.54, 1.807) is 30.3 Å². The molecule has 0 aliphatic carbocycles. The van der Waals surface area contributed by atoms with Crippen molar-refractivity contribution in [2.24, 2.45) is 0 Å². The van der Waals surface area contributed by atoms with E-state index in [0.717, 1.165) is 5.56 Å². The number of nitrogens with zero attached hydrogens (tertiary/aromatic N) is 2. The van der Waals surface area contributed by atoms with Crippen molar-refractivity contribution in [2.45, 2.75) is 19.8 Å². The molecule has 27 heavy (non-hydrogen) atoms. The number of hydrogen-bond acceptors (Lipinski definition) is 8. The summed E-state index contributed by atoms with van der Waals surface area (Å²) in [4.78, 5) is 19.0. The van der Waals surface area contributed by atoms with Gasteiger partial charge in [0.25, 0.3) is 5.91 Å². The lowest BCUT2D eigenvalue weighted by atomic mass is 10.2. The lowest BCUT2D eigenvalue weighted by Gasteiger charge is -2.12. The number of ether oxygens (including phenoxy) is 2. The van der Waals surface area contributed by atoms with Crippen LogP contribution < -0.4 is 26.4 Å². The molecule has 9 nitrogen and oxygen atoms in total. The van der Waals surface area contributed by atoms with Crippen molar-refractivity contribution >= 4 is 23.7 Å². The predicted molar refractivity (Wildman–Crippen MR) is 101 cm³/mol. The van der Waals surface area contributed by atoms with Crippen LogP contribution in [0, 0.1) is 0 Å². The number of aryl methyl sites for hydroxylation is 1. The van der Waals surface area contributed by atoms with E-state index in [9.17, 15) is 4.79 Å². The maximum atomic E-state index is 10.9. The first-order valence-electron chi connectivity index (χ1n) is 8.43. The molecule has 0 saturated heterocycles. The summed E-state index contributed by atoms with van der Waals surface area (Å²) in [5.74, 6) is 0.945. The highest BCUT2D eigenvalue weighted by Crippen LogP contribution is 2.24. The number of rotatable bonds is 9. The molecule has 2 aromatic rings. The highest BCUT2D eigenvalue weighted by atomic mass is 16.5. The minimum absolute atomic E-state index is 0.135. The molecule has 0 atom stereocenters. The molecular formula is C18H23N5O4. The minimum Gasteiger partial charge on any atom is -0.493 e. The molecule has 0 radical (unpaired) electrons. The second-order valence-electron chi connectivity index (χ2n) is 5.53. The molecule has 0 fully saturated rings. The first-order valence-corrected chi connectivity index (χ1v) is 8.43. The van der Waals surface area contributed by atoms with E-state index >= 15 is 0 Å². The van der Waals surface area contributed by atoms with Crippen LogP contribution >= 0.6 is 0 Å². The quantitative estimate of drug-likeness (QED) is 0.224. The number of nitrogen functional groups attached to an aromatic ring is 2. The molecule has 144 valence electrons. The normalized spacial score (nSPS) is 10.7. The second kappa shape index (κ2) is 9.97. The largest absolute Gasteiger partial charge is 0.493 e. The van der Waals surface area contributed by atoms with Crippen LogP contribution in [0.1, 0.15) is 24.6 Å². The van der Waals surface area contributed by atoms with Crippen molar-refractivity contribution < 1.29 is 19.5 Å². The van der Waals surface area contributed by atoms with E-state index in [0.29, 0.717) is 43.2 Å². The van der Waals surface area contributed by atoms with Crippen LogP contribution in [0.3, 0.4) is 0 Å². The summed E-state index contributed by atoms with van der Waals surface area (Å²) < 4.78 is 11.3. The van der Waals surface area contributed by atoms with Gasteiger partial charge in [-0.2, -0.15) is 4.98 Å². The van der Waals surface area contributed by atoms with Crippen molar-refractivity contribution in [1.82, 2.24) is 15.4 Å². The Labute approximate surface area is 157 Å². The van der Waals surface area contributed by atoms with E-state index in [-0.39, 0.29) is 11.8 Å². The molecule has 0 aliphatic rings. The van der Waals surface area contributed by atoms with Gasteiger partial charge in [-0.3, -0.25) is 10.0 Å². The summed E-state index contributed by atoms with van der Waals surface area (Å²) in [7, 11) is 0. The van der Waals surface area contributed by atoms with Crippen LogP contribution in [-0.4, -0.2) is 34.3 Å². The van der Waals surface area contributed by atoms with Crippen molar-refractivity contribution in [1.29, 1.82) is 0 Å². The number of amides is 1. The smallest absolute Gasteiger partial charge is 0.267 e. The fraction of sp³-hybridized carbons (Fsp3) is 0.278. The Morgan fingerprint density at radius 3 is 2.56 bits per heavy atom. The Hall–Kier alpha value is -3.33. The third-order valence-corrected chi connectivity index (χ3v) is 3.54. The Morgan fingerprint density at radius 2 is 1.89 bits per heavy atom. The average molecular weight is 373 g/mol. The summed E-state index contributed by atoms with van der Waals surface area (Å²) in [6.45, 7) is 2.80. The monoisotopic (exact) mass is 373 g/mol. The number of hydrogen-bond donors (Lipinski definition) is 4. The zero-order valence-electron chi connectivity index (χ0n) is 15.0. The number of benzene rings is 1. The third kappa shape index (κ3) is 6.15. The number of carbonyl (C=O) groups is 1. The molecule has 1 aromatic heterocycles. The summed E-state index contributed by atoms with van der Waals surface area (Å²) >= 11 is 0. The van der Waals surface area contributed by atoms with E-state index < -0.39 is 5.91 Å². The maximum Gasteiger partial charge on any atom is 0.267 e. The molecule has 0 saturated carbocycles. The molecule has 0 bridgehead atoms. The highest BCUT2D eigenvalue weighted by molar-refractivity contribution is 5.90. The Kier molecular flexibility index (Phi) is 7.38. The number of carbonyl (C=O) groups excluding carboxylic acids is 1. The molecule has 6 N–H and O–H groups in total. The van der Waals surface area contributed by atoms with Crippen molar-refractivity contribution in [3.63, 3.8) is 0 Å². The number of nitrogens with two attached hydrogens (primary N) is 2. The van der Waals surface area contributed by atoms with Crippen molar-refractivity contribution in [3.8, 4) is 11.5 Å². The number of anilines is 2. The fourth-order valence-corrected chi connectivity index (χ4v) is 2.24. The number of aromatic nitrogens is 2. The molecule has 1 heterocycles. The Balaban J connectivity index is 1.77. The van der Waals surface area contributed by atoms with E-state index in [1.165, 1.54) is 11.6 Å². The van der Waals surface area contributed by atoms with Crippen molar-refractivity contribution in [3.05, 3.63) is 41.6 Å². The summed E-state index contributed by atoms with van der Waals surface area (Å²) in [6.07, 6.45) is 4.09. The topological polar surface area (TPSA) is 146 Å². The van der Waals surface area contributed by atoms with Gasteiger partial charge in [0.15, 0.2) is 11.6 Å². The SMILES string of the molecule is CCc1nc(N)nc(N)c1OCCCOc1ccc(C=CC(=O)NO)cc1. The average Bonchev–Trinajstić information content (AvgIpc) is 2.67. The maximum absolute atomic E-state index is 10.9. The molecular weight excluding hydrogens is 350 g/mol. The molecule has 0 aliphatic heterocycles. The molecule has 0 spiro atoms. The predicted octanol–water partition coefficient (Wildman–Crippen LogP) is 1.57. The van der Waals surface area contributed by atoms with Gasteiger partial charge < -0.3 is 20.9 Å². The summed E-state index contributed by atoms with van der Waals surface area (Å²) in [5, 5.41) is 8.43. The molecule has 9 heteroatoms. The van der Waals surface area contributed by atoms with Gasteiger partial charge in [0.1, 0.15) is 5.75 Å². The molecule has 1 amide bonds. The van der Waals surface area contributed by atoms with Crippen LogP contribution in [0.25, 0.3) is 6.08 Å². The van der Waals surface area contributed by atoms with Gasteiger partial charge in [-0.1, -0.05) is 19.1 Å². The first kappa shape index (κ1) is 20.0. The zero-order valence-corrected chi connectivity index (χ0v) is 15.0. The summed E-state index contributed by atoms with van der Waals surface area (Å²) in [6, 6.07) is 7.18. The lowest BCUT2D eigenvalue weighted by molar-refractivity contribution is -0.124. The van der Waals surface area contributed by atoms with Crippen LogP contribution in [0.2, 0.25) is 0 Å². The minimum atomic E-state index is -0.589. The standard InChI is InChI=1S/C18H23N5O4/c1-2-14-16(17(19)22-18(20)21-14)27-11-3-10-26-13-7-4-12(5-8-13)6-9-15(24)23-25/h4-9,25H,2-3,10-11H2,1H3,(H,23,24)(H4,19,20,21,22). The number of nitrogens with one attached hydrogen (secondary N) is 1. The summed E-state index contributed by atoms with van der Waals surface area (Å²) in [5.41, 5.74) is 14.4. The molecule has 2 rings (SSSR count). The lowest BCUT2D eigenvalue weighted by Crippen LogP contribution is -2.14. The van der Waals surface area contributed by atoms with Crippen LogP contribution in [0.4, 0.5) is 11.8 Å². The fourth-order valence-electron chi connectivity index (χ4n) is 2.24. The van der Waals surface area contributed by atoms with Gasteiger partial charge >= 0.3 is 0 Å². The second-order valence-corrected chi connectivity index (χ2v) is 5.53. The van der Waals surface area contributed by atoms with E-state index in [4.69, 9.17) is 26.1 Å². The van der Waals surface area contributed by atoms with Gasteiger partial charge in [0.05, 0.1) is 18.9 Å². The third-order valence-electron chi connectivity index (χ3n) is 3.54. The van der Waals surface area contributed by atoms with Crippen LogP contribution in [0.5, 0.6) is 11.5 Å². The van der Waals surface area contributed by atoms with E-state index in [2.05, 4.69) is 9.97 Å². The molecule has 1 aromatic carbocycles. The van der Waals surface area contributed by atoms with E-state index in [1.807, 2.05) is 6.92 Å².